The molecule has 0 aliphatic rings. The predicted octanol–water partition coefficient (Wildman–Crippen LogP) is 3.31. The van der Waals surface area contributed by atoms with Crippen molar-refractivity contribution in [3.63, 3.8) is 0 Å². The molecule has 0 spiro atoms. The topological polar surface area (TPSA) is 56.0 Å². The maximum atomic E-state index is 11.3. The monoisotopic (exact) mass is 284 g/mol. The van der Waals surface area contributed by atoms with Crippen LogP contribution in [-0.2, 0) is 0 Å². The minimum atomic E-state index is -0.360. The Morgan fingerprint density at radius 1 is 1.47 bits per heavy atom. The van der Waals surface area contributed by atoms with Crippen LogP contribution in [0.15, 0.2) is 9.59 Å². The number of aryl methyl sites for hydroxylation is 1. The number of hydrogen-bond donors (Lipinski definition) is 1. The van der Waals surface area contributed by atoms with Crippen LogP contribution in [0, 0.1) is 13.8 Å². The van der Waals surface area contributed by atoms with Crippen LogP contribution in [0.3, 0.4) is 0 Å². The normalized spacial score (nSPS) is 10.8. The summed E-state index contributed by atoms with van der Waals surface area (Å²) in [6.07, 6.45) is 2.00. The van der Waals surface area contributed by atoms with E-state index < -0.39 is 0 Å². The minimum Gasteiger partial charge on any atom is -0.365 e. The molecule has 2 aromatic rings. The molecule has 0 unspecified atom stereocenters. The van der Waals surface area contributed by atoms with Crippen LogP contribution in [0.25, 0.3) is 11.3 Å². The fraction of sp³-hybridized carbons (Fsp3) is 0.273. The Labute approximate surface area is 112 Å². The summed E-state index contributed by atoms with van der Waals surface area (Å²) in [6, 6.07) is 0. The smallest absolute Gasteiger partial charge is 0.259 e. The first-order valence-corrected chi connectivity index (χ1v) is 7.86. The second-order valence-electron chi connectivity index (χ2n) is 3.54. The van der Waals surface area contributed by atoms with Gasteiger partial charge in [0, 0.05) is 10.9 Å². The van der Waals surface area contributed by atoms with E-state index in [1.165, 1.54) is 11.3 Å². The number of thiophene rings is 1. The molecule has 0 atom stereocenters. The number of aromatic nitrogens is 1. The molecular formula is C11H12N2OS3. The summed E-state index contributed by atoms with van der Waals surface area (Å²) in [7, 11) is 0. The van der Waals surface area contributed by atoms with Gasteiger partial charge in [0.2, 0.25) is 0 Å². The van der Waals surface area contributed by atoms with E-state index in [1.54, 1.807) is 23.1 Å². The predicted molar refractivity (Wildman–Crippen MR) is 75.2 cm³/mol. The highest BCUT2D eigenvalue weighted by molar-refractivity contribution is 8.00. The number of rotatable bonds is 3. The molecule has 0 saturated heterocycles. The van der Waals surface area contributed by atoms with Gasteiger partial charge < -0.3 is 5.73 Å². The number of hydrogen-bond acceptors (Lipinski definition) is 5. The third kappa shape index (κ3) is 2.25. The lowest BCUT2D eigenvalue weighted by Crippen LogP contribution is -2.10. The quantitative estimate of drug-likeness (QED) is 0.880. The number of carbonyl (C=O) groups excluding carboxylic acids is 1. The number of carbonyl (C=O) groups is 1. The third-order valence-electron chi connectivity index (χ3n) is 2.40. The second kappa shape index (κ2) is 4.80. The van der Waals surface area contributed by atoms with Crippen LogP contribution >= 0.6 is 34.4 Å². The van der Waals surface area contributed by atoms with E-state index in [0.29, 0.717) is 4.88 Å². The summed E-state index contributed by atoms with van der Waals surface area (Å²) in [5, 5.41) is 3.05. The Morgan fingerprint density at radius 3 is 2.65 bits per heavy atom. The highest BCUT2D eigenvalue weighted by Crippen LogP contribution is 2.41. The number of primary amides is 1. The minimum absolute atomic E-state index is 0.360. The van der Waals surface area contributed by atoms with E-state index in [0.717, 1.165) is 26.0 Å². The van der Waals surface area contributed by atoms with Crippen molar-refractivity contribution >= 4 is 40.3 Å². The highest BCUT2D eigenvalue weighted by atomic mass is 32.2. The zero-order valence-electron chi connectivity index (χ0n) is 9.73. The van der Waals surface area contributed by atoms with Gasteiger partial charge in [-0.15, -0.1) is 34.4 Å². The van der Waals surface area contributed by atoms with Crippen molar-refractivity contribution in [3.8, 4) is 11.3 Å². The largest absolute Gasteiger partial charge is 0.365 e. The first-order chi connectivity index (χ1) is 8.04. The van der Waals surface area contributed by atoms with Gasteiger partial charge in [-0.25, -0.2) is 4.98 Å². The molecule has 0 aliphatic carbocycles. The summed E-state index contributed by atoms with van der Waals surface area (Å²) < 4.78 is 1.10. The maximum absolute atomic E-state index is 11.3. The SMILES string of the molecule is CSc1sc(C(N)=O)c(C)c1-c1csc(C)n1. The molecule has 2 N–H and O–H groups in total. The Morgan fingerprint density at radius 2 is 2.18 bits per heavy atom. The van der Waals surface area contributed by atoms with Crippen molar-refractivity contribution in [1.82, 2.24) is 4.98 Å². The van der Waals surface area contributed by atoms with E-state index in [-0.39, 0.29) is 5.91 Å². The zero-order valence-corrected chi connectivity index (χ0v) is 12.2. The first kappa shape index (κ1) is 12.6. The van der Waals surface area contributed by atoms with Crippen molar-refractivity contribution in [3.05, 3.63) is 20.8 Å². The first-order valence-electron chi connectivity index (χ1n) is 4.94. The summed E-state index contributed by atoms with van der Waals surface area (Å²) >= 11 is 4.69. The average Bonchev–Trinajstić information content (AvgIpc) is 2.81. The van der Waals surface area contributed by atoms with E-state index in [1.807, 2.05) is 25.5 Å². The summed E-state index contributed by atoms with van der Waals surface area (Å²) in [5.74, 6) is -0.360. The molecule has 0 aliphatic heterocycles. The van der Waals surface area contributed by atoms with Gasteiger partial charge in [0.1, 0.15) is 0 Å². The van der Waals surface area contributed by atoms with Gasteiger partial charge >= 0.3 is 0 Å². The number of thioether (sulfide) groups is 1. The number of nitrogens with two attached hydrogens (primary N) is 1. The fourth-order valence-corrected chi connectivity index (χ4v) is 4.19. The van der Waals surface area contributed by atoms with Crippen molar-refractivity contribution in [2.75, 3.05) is 6.26 Å². The number of amides is 1. The summed E-state index contributed by atoms with van der Waals surface area (Å²) in [4.78, 5) is 16.5. The third-order valence-corrected chi connectivity index (χ3v) is 5.60. The van der Waals surface area contributed by atoms with Gasteiger partial charge in [-0.3, -0.25) is 4.79 Å². The molecule has 2 rings (SSSR count). The fourth-order valence-electron chi connectivity index (χ4n) is 1.64. The lowest BCUT2D eigenvalue weighted by Gasteiger charge is -1.99. The standard InChI is InChI=1S/C11H12N2OS3/c1-5-8(7-4-16-6(2)13-7)11(15-3)17-9(5)10(12)14/h4H,1-3H3,(H2,12,14). The molecular weight excluding hydrogens is 272 g/mol. The Balaban J connectivity index is 2.63. The Bertz CT molecular complexity index is 571. The molecule has 0 bridgehead atoms. The zero-order chi connectivity index (χ0) is 12.6. The van der Waals surface area contributed by atoms with Gasteiger partial charge in [0.25, 0.3) is 5.91 Å². The maximum Gasteiger partial charge on any atom is 0.259 e. The van der Waals surface area contributed by atoms with E-state index >= 15 is 0 Å². The van der Waals surface area contributed by atoms with E-state index in [4.69, 9.17) is 5.73 Å². The van der Waals surface area contributed by atoms with Gasteiger partial charge in [-0.05, 0) is 25.7 Å². The molecule has 0 saturated carbocycles. The van der Waals surface area contributed by atoms with E-state index in [9.17, 15) is 4.79 Å². The molecule has 1 amide bonds. The van der Waals surface area contributed by atoms with E-state index in [2.05, 4.69) is 4.98 Å². The second-order valence-corrected chi connectivity index (χ2v) is 6.70. The molecule has 6 heteroatoms. The number of thiazole rings is 1. The molecule has 0 fully saturated rings. The summed E-state index contributed by atoms with van der Waals surface area (Å²) in [5.41, 5.74) is 8.32. The molecule has 0 radical (unpaired) electrons. The molecule has 3 nitrogen and oxygen atoms in total. The van der Waals surface area contributed by atoms with Crippen LogP contribution in [0.1, 0.15) is 20.2 Å². The van der Waals surface area contributed by atoms with Crippen LogP contribution < -0.4 is 5.73 Å². The molecule has 17 heavy (non-hydrogen) atoms. The lowest BCUT2D eigenvalue weighted by atomic mass is 10.1. The van der Waals surface area contributed by atoms with Crippen LogP contribution in [-0.4, -0.2) is 17.1 Å². The lowest BCUT2D eigenvalue weighted by molar-refractivity contribution is 0.100. The van der Waals surface area contributed by atoms with Crippen LogP contribution in [0.2, 0.25) is 0 Å². The van der Waals surface area contributed by atoms with Crippen LogP contribution in [0.4, 0.5) is 0 Å². The highest BCUT2D eigenvalue weighted by Gasteiger charge is 2.20. The van der Waals surface area contributed by atoms with Crippen LogP contribution in [0.5, 0.6) is 0 Å². The molecule has 2 aromatic heterocycles. The van der Waals surface area contributed by atoms with Gasteiger partial charge in [-0.1, -0.05) is 0 Å². The average molecular weight is 284 g/mol. The Kier molecular flexibility index (Phi) is 3.56. The molecule has 2 heterocycles. The van der Waals surface area contributed by atoms with Gasteiger partial charge in [-0.2, -0.15) is 0 Å². The number of nitrogens with zero attached hydrogens (tertiary/aromatic N) is 1. The van der Waals surface area contributed by atoms with Crippen molar-refractivity contribution in [1.29, 1.82) is 0 Å². The van der Waals surface area contributed by atoms with Gasteiger partial charge in [0.05, 0.1) is 19.8 Å². The van der Waals surface area contributed by atoms with Crippen molar-refractivity contribution in [2.24, 2.45) is 5.73 Å². The molecule has 0 aromatic carbocycles. The summed E-state index contributed by atoms with van der Waals surface area (Å²) in [6.45, 7) is 3.91. The van der Waals surface area contributed by atoms with Crippen molar-refractivity contribution in [2.45, 2.75) is 18.1 Å². The Hall–Kier alpha value is -0.850. The molecule has 90 valence electrons. The van der Waals surface area contributed by atoms with Crippen molar-refractivity contribution < 1.29 is 4.79 Å². The van der Waals surface area contributed by atoms with Gasteiger partial charge in [0.15, 0.2) is 0 Å².